The molecule has 0 aromatic heterocycles. The highest BCUT2D eigenvalue weighted by Gasteiger charge is 2.20. The minimum absolute atomic E-state index is 0.206. The monoisotopic (exact) mass is 227 g/mol. The summed E-state index contributed by atoms with van der Waals surface area (Å²) < 4.78 is 31.7. The zero-order valence-corrected chi connectivity index (χ0v) is 9.17. The number of hydrogen-bond acceptors (Lipinski definition) is 2. The number of benzene rings is 1. The summed E-state index contributed by atoms with van der Waals surface area (Å²) in [6, 6.07) is 3.56. The molecule has 1 fully saturated rings. The van der Waals surface area contributed by atoms with E-state index < -0.39 is 5.82 Å². The van der Waals surface area contributed by atoms with Gasteiger partial charge in [-0.1, -0.05) is 0 Å². The predicted molar refractivity (Wildman–Crippen MR) is 57.1 cm³/mol. The summed E-state index contributed by atoms with van der Waals surface area (Å²) in [5.74, 6) is -0.784. The van der Waals surface area contributed by atoms with Crippen LogP contribution in [0, 0.1) is 11.6 Å². The number of nitrogens with one attached hydrogen (secondary N) is 1. The smallest absolute Gasteiger partial charge is 0.128 e. The van der Waals surface area contributed by atoms with Crippen molar-refractivity contribution in [2.24, 2.45) is 0 Å². The Kier molecular flexibility index (Phi) is 3.51. The van der Waals surface area contributed by atoms with Gasteiger partial charge in [-0.2, -0.15) is 0 Å². The van der Waals surface area contributed by atoms with Gasteiger partial charge in [0.15, 0.2) is 0 Å². The summed E-state index contributed by atoms with van der Waals surface area (Å²) in [4.78, 5) is 0. The Labute approximate surface area is 93.6 Å². The molecule has 0 saturated carbocycles. The molecule has 1 aliphatic heterocycles. The lowest BCUT2D eigenvalue weighted by Gasteiger charge is -2.19. The van der Waals surface area contributed by atoms with Gasteiger partial charge >= 0.3 is 0 Å². The lowest BCUT2D eigenvalue weighted by molar-refractivity contribution is 0.188. The maximum atomic E-state index is 13.5. The van der Waals surface area contributed by atoms with Crippen LogP contribution in [-0.2, 0) is 4.74 Å². The molecule has 1 saturated heterocycles. The quantitative estimate of drug-likeness (QED) is 0.856. The summed E-state index contributed by atoms with van der Waals surface area (Å²) >= 11 is 0. The van der Waals surface area contributed by atoms with Crippen molar-refractivity contribution in [3.05, 3.63) is 35.4 Å². The Morgan fingerprint density at radius 3 is 2.94 bits per heavy atom. The molecule has 2 atom stereocenters. The van der Waals surface area contributed by atoms with Crippen LogP contribution in [0.4, 0.5) is 8.78 Å². The molecule has 0 spiro atoms. The number of ether oxygens (including phenoxy) is 1. The molecule has 0 radical (unpaired) electrons. The molecule has 2 nitrogen and oxygen atoms in total. The molecule has 1 heterocycles. The van der Waals surface area contributed by atoms with E-state index in [0.29, 0.717) is 12.2 Å². The summed E-state index contributed by atoms with van der Waals surface area (Å²) in [5, 5.41) is 3.23. The summed E-state index contributed by atoms with van der Waals surface area (Å²) in [6.07, 6.45) is 0.918. The van der Waals surface area contributed by atoms with E-state index in [-0.39, 0.29) is 17.9 Å². The van der Waals surface area contributed by atoms with Crippen molar-refractivity contribution >= 4 is 0 Å². The highest BCUT2D eigenvalue weighted by atomic mass is 19.1. The summed E-state index contributed by atoms with van der Waals surface area (Å²) in [6.45, 7) is 3.20. The molecular weight excluding hydrogens is 212 g/mol. The predicted octanol–water partition coefficient (Wildman–Crippen LogP) is 2.40. The second-order valence-electron chi connectivity index (χ2n) is 4.11. The molecule has 88 valence electrons. The van der Waals surface area contributed by atoms with E-state index in [9.17, 15) is 8.78 Å². The van der Waals surface area contributed by atoms with E-state index in [2.05, 4.69) is 5.32 Å². The maximum absolute atomic E-state index is 13.5. The standard InChI is InChI=1S/C12H15F2NO/c1-8(15-10-4-5-16-7-10)11-6-9(13)2-3-12(11)14/h2-3,6,8,10,15H,4-5,7H2,1H3. The third-order valence-electron chi connectivity index (χ3n) is 2.84. The Morgan fingerprint density at radius 2 is 2.25 bits per heavy atom. The van der Waals surface area contributed by atoms with Gasteiger partial charge in [-0.05, 0) is 31.5 Å². The Balaban J connectivity index is 2.07. The van der Waals surface area contributed by atoms with Gasteiger partial charge in [0, 0.05) is 24.3 Å². The van der Waals surface area contributed by atoms with Gasteiger partial charge in [-0.25, -0.2) is 8.78 Å². The minimum atomic E-state index is -0.410. The van der Waals surface area contributed by atoms with Gasteiger partial charge in [0.2, 0.25) is 0 Å². The van der Waals surface area contributed by atoms with Gasteiger partial charge in [-0.3, -0.25) is 0 Å². The highest BCUT2D eigenvalue weighted by molar-refractivity contribution is 5.22. The zero-order chi connectivity index (χ0) is 11.5. The first-order chi connectivity index (χ1) is 7.66. The van der Waals surface area contributed by atoms with Crippen molar-refractivity contribution in [3.8, 4) is 0 Å². The van der Waals surface area contributed by atoms with Crippen molar-refractivity contribution in [3.63, 3.8) is 0 Å². The fourth-order valence-electron chi connectivity index (χ4n) is 1.96. The second-order valence-corrected chi connectivity index (χ2v) is 4.11. The van der Waals surface area contributed by atoms with Crippen LogP contribution in [0.5, 0.6) is 0 Å². The molecule has 4 heteroatoms. The number of rotatable bonds is 3. The van der Waals surface area contributed by atoms with Gasteiger partial charge in [-0.15, -0.1) is 0 Å². The number of hydrogen-bond donors (Lipinski definition) is 1. The molecule has 2 unspecified atom stereocenters. The average Bonchev–Trinajstić information content (AvgIpc) is 2.74. The van der Waals surface area contributed by atoms with E-state index in [1.807, 2.05) is 6.92 Å². The van der Waals surface area contributed by atoms with Crippen LogP contribution in [0.2, 0.25) is 0 Å². The molecular formula is C12H15F2NO. The van der Waals surface area contributed by atoms with Crippen molar-refractivity contribution in [2.45, 2.75) is 25.4 Å². The van der Waals surface area contributed by atoms with E-state index in [0.717, 1.165) is 25.2 Å². The van der Waals surface area contributed by atoms with Crippen molar-refractivity contribution in [2.75, 3.05) is 13.2 Å². The maximum Gasteiger partial charge on any atom is 0.128 e. The minimum Gasteiger partial charge on any atom is -0.380 e. The molecule has 0 bridgehead atoms. The highest BCUT2D eigenvalue weighted by Crippen LogP contribution is 2.19. The molecule has 1 aromatic carbocycles. The van der Waals surface area contributed by atoms with Crippen molar-refractivity contribution in [1.82, 2.24) is 5.32 Å². The van der Waals surface area contributed by atoms with E-state index >= 15 is 0 Å². The second kappa shape index (κ2) is 4.89. The third kappa shape index (κ3) is 2.57. The molecule has 1 aromatic rings. The molecule has 2 rings (SSSR count). The van der Waals surface area contributed by atoms with Gasteiger partial charge < -0.3 is 10.1 Å². The van der Waals surface area contributed by atoms with Crippen LogP contribution in [0.25, 0.3) is 0 Å². The fraction of sp³-hybridized carbons (Fsp3) is 0.500. The van der Waals surface area contributed by atoms with Crippen LogP contribution < -0.4 is 5.32 Å². The Morgan fingerprint density at radius 1 is 1.44 bits per heavy atom. The topological polar surface area (TPSA) is 21.3 Å². The van der Waals surface area contributed by atoms with Gasteiger partial charge in [0.25, 0.3) is 0 Å². The summed E-state index contributed by atoms with van der Waals surface area (Å²) in [7, 11) is 0. The lowest BCUT2D eigenvalue weighted by atomic mass is 10.1. The van der Waals surface area contributed by atoms with Gasteiger partial charge in [0.1, 0.15) is 11.6 Å². The van der Waals surface area contributed by atoms with Crippen molar-refractivity contribution < 1.29 is 13.5 Å². The van der Waals surface area contributed by atoms with E-state index in [4.69, 9.17) is 4.74 Å². The molecule has 1 N–H and O–H groups in total. The van der Waals surface area contributed by atoms with Crippen molar-refractivity contribution in [1.29, 1.82) is 0 Å². The van der Waals surface area contributed by atoms with Crippen LogP contribution in [0.3, 0.4) is 0 Å². The molecule has 1 aliphatic rings. The van der Waals surface area contributed by atoms with Crippen LogP contribution in [0.1, 0.15) is 24.9 Å². The summed E-state index contributed by atoms with van der Waals surface area (Å²) in [5.41, 5.74) is 0.368. The first-order valence-corrected chi connectivity index (χ1v) is 5.45. The Bertz CT molecular complexity index is 364. The lowest BCUT2D eigenvalue weighted by Crippen LogP contribution is -2.32. The number of halogens is 2. The fourth-order valence-corrected chi connectivity index (χ4v) is 1.96. The Hall–Kier alpha value is -1.00. The average molecular weight is 227 g/mol. The molecule has 0 aliphatic carbocycles. The zero-order valence-electron chi connectivity index (χ0n) is 9.17. The molecule has 0 amide bonds. The van der Waals surface area contributed by atoms with Gasteiger partial charge in [0.05, 0.1) is 6.61 Å². The largest absolute Gasteiger partial charge is 0.380 e. The molecule has 16 heavy (non-hydrogen) atoms. The van der Waals surface area contributed by atoms with Crippen LogP contribution in [0.15, 0.2) is 18.2 Å². The van der Waals surface area contributed by atoms with E-state index in [1.54, 1.807) is 0 Å². The first kappa shape index (κ1) is 11.5. The third-order valence-corrected chi connectivity index (χ3v) is 2.84. The van der Waals surface area contributed by atoms with E-state index in [1.165, 1.54) is 6.07 Å². The first-order valence-electron chi connectivity index (χ1n) is 5.45. The van der Waals surface area contributed by atoms with Crippen LogP contribution in [-0.4, -0.2) is 19.3 Å². The SMILES string of the molecule is CC(NC1CCOC1)c1cc(F)ccc1F. The normalized spacial score (nSPS) is 22.3. The van der Waals surface area contributed by atoms with Crippen LogP contribution >= 0.6 is 0 Å².